The van der Waals surface area contributed by atoms with Gasteiger partial charge in [-0.05, 0) is 32.0 Å². The predicted molar refractivity (Wildman–Crippen MR) is 80.8 cm³/mol. The van der Waals surface area contributed by atoms with Gasteiger partial charge in [0.1, 0.15) is 5.75 Å². The Morgan fingerprint density at radius 1 is 1.45 bits per heavy atom. The molecule has 0 heterocycles. The average Bonchev–Trinajstić information content (AvgIpc) is 2.45. The van der Waals surface area contributed by atoms with Crippen LogP contribution in [0.15, 0.2) is 18.2 Å². The number of carboxylic acids is 1. The van der Waals surface area contributed by atoms with E-state index in [0.717, 1.165) is 0 Å². The van der Waals surface area contributed by atoms with E-state index >= 15 is 0 Å². The lowest BCUT2D eigenvalue weighted by Gasteiger charge is -2.19. The molecule has 0 aromatic heterocycles. The number of ether oxygens (including phenoxy) is 1. The second kappa shape index (κ2) is 7.88. The van der Waals surface area contributed by atoms with E-state index in [9.17, 15) is 9.59 Å². The topological polar surface area (TPSA) is 103 Å². The molecule has 0 aliphatic carbocycles. The molecule has 0 radical (unpaired) electrons. The van der Waals surface area contributed by atoms with Crippen LogP contribution in [-0.4, -0.2) is 41.7 Å². The smallest absolute Gasteiger partial charge is 0.321 e. The molecular weight excluding hydrogens is 286 g/mol. The summed E-state index contributed by atoms with van der Waals surface area (Å²) in [6.45, 7) is 3.78. The summed E-state index contributed by atoms with van der Waals surface area (Å²) < 4.78 is 5.59. The van der Waals surface area contributed by atoms with Crippen molar-refractivity contribution < 1.29 is 19.4 Å². The number of nitrogens with zero attached hydrogens (tertiary/aromatic N) is 2. The van der Waals surface area contributed by atoms with Gasteiger partial charge in [-0.15, -0.1) is 0 Å². The zero-order valence-corrected chi connectivity index (χ0v) is 12.8. The molecule has 22 heavy (non-hydrogen) atoms. The van der Waals surface area contributed by atoms with Crippen LogP contribution in [0, 0.1) is 11.3 Å². The van der Waals surface area contributed by atoms with Crippen molar-refractivity contribution in [3.05, 3.63) is 23.8 Å². The minimum Gasteiger partial charge on any atom is -0.489 e. The van der Waals surface area contributed by atoms with Crippen LogP contribution in [0.2, 0.25) is 0 Å². The molecule has 7 nitrogen and oxygen atoms in total. The minimum atomic E-state index is -0.977. The molecule has 7 heteroatoms. The summed E-state index contributed by atoms with van der Waals surface area (Å²) in [5, 5.41) is 20.2. The van der Waals surface area contributed by atoms with Crippen LogP contribution in [-0.2, 0) is 4.79 Å². The van der Waals surface area contributed by atoms with Gasteiger partial charge in [0.05, 0.1) is 29.8 Å². The first kappa shape index (κ1) is 17.3. The van der Waals surface area contributed by atoms with Gasteiger partial charge in [0, 0.05) is 13.6 Å². The Morgan fingerprint density at radius 3 is 2.68 bits per heavy atom. The molecule has 0 saturated heterocycles. The number of anilines is 1. The van der Waals surface area contributed by atoms with Crippen molar-refractivity contribution in [1.29, 1.82) is 5.26 Å². The average molecular weight is 305 g/mol. The van der Waals surface area contributed by atoms with E-state index in [1.165, 1.54) is 18.0 Å². The van der Waals surface area contributed by atoms with Gasteiger partial charge in [-0.25, -0.2) is 4.79 Å². The highest BCUT2D eigenvalue weighted by molar-refractivity contribution is 5.91. The van der Waals surface area contributed by atoms with E-state index in [-0.39, 0.29) is 19.1 Å². The van der Waals surface area contributed by atoms with E-state index in [0.29, 0.717) is 17.0 Å². The maximum atomic E-state index is 12.0. The summed E-state index contributed by atoms with van der Waals surface area (Å²) in [6, 6.07) is 6.25. The van der Waals surface area contributed by atoms with Crippen molar-refractivity contribution >= 4 is 17.7 Å². The fraction of sp³-hybridized carbons (Fsp3) is 0.400. The number of carboxylic acid groups (broad SMARTS) is 1. The lowest BCUT2D eigenvalue weighted by atomic mass is 10.2. The molecule has 0 atom stereocenters. The van der Waals surface area contributed by atoms with E-state index < -0.39 is 12.0 Å². The second-order valence-electron chi connectivity index (χ2n) is 4.98. The summed E-state index contributed by atoms with van der Waals surface area (Å²) in [6.07, 6.45) is -0.231. The molecule has 1 aromatic rings. The summed E-state index contributed by atoms with van der Waals surface area (Å²) in [5.41, 5.74) is 0.763. The molecule has 0 unspecified atom stereocenters. The third-order valence-corrected chi connectivity index (χ3v) is 2.72. The highest BCUT2D eigenvalue weighted by Crippen LogP contribution is 2.27. The number of nitriles is 1. The second-order valence-corrected chi connectivity index (χ2v) is 4.98. The van der Waals surface area contributed by atoms with Gasteiger partial charge in [-0.2, -0.15) is 5.26 Å². The first-order chi connectivity index (χ1) is 10.3. The lowest BCUT2D eigenvalue weighted by Crippen LogP contribution is -2.33. The van der Waals surface area contributed by atoms with Crippen LogP contribution in [0.1, 0.15) is 25.8 Å². The van der Waals surface area contributed by atoms with Crippen molar-refractivity contribution in [2.24, 2.45) is 0 Å². The van der Waals surface area contributed by atoms with E-state index in [1.807, 2.05) is 19.9 Å². The summed E-state index contributed by atoms with van der Waals surface area (Å²) in [5.74, 6) is -0.524. The maximum Gasteiger partial charge on any atom is 0.321 e. The van der Waals surface area contributed by atoms with Gasteiger partial charge in [0.2, 0.25) is 0 Å². The van der Waals surface area contributed by atoms with Crippen LogP contribution in [0.5, 0.6) is 5.75 Å². The first-order valence-corrected chi connectivity index (χ1v) is 6.78. The first-order valence-electron chi connectivity index (χ1n) is 6.78. The Labute approximate surface area is 129 Å². The van der Waals surface area contributed by atoms with Crippen molar-refractivity contribution in [2.75, 3.05) is 18.9 Å². The van der Waals surface area contributed by atoms with Gasteiger partial charge in [-0.3, -0.25) is 4.79 Å². The predicted octanol–water partition coefficient (Wildman–Crippen LogP) is 2.28. The molecule has 2 N–H and O–H groups in total. The van der Waals surface area contributed by atoms with Crippen molar-refractivity contribution in [3.63, 3.8) is 0 Å². The van der Waals surface area contributed by atoms with E-state index in [1.54, 1.807) is 12.1 Å². The fourth-order valence-electron chi connectivity index (χ4n) is 1.63. The molecule has 0 fully saturated rings. The molecule has 0 bridgehead atoms. The number of aliphatic carboxylic acids is 1. The van der Waals surface area contributed by atoms with Crippen molar-refractivity contribution in [1.82, 2.24) is 4.90 Å². The number of hydrogen-bond donors (Lipinski definition) is 2. The third-order valence-electron chi connectivity index (χ3n) is 2.72. The van der Waals surface area contributed by atoms with Crippen molar-refractivity contribution in [3.8, 4) is 11.8 Å². The minimum absolute atomic E-state index is 0.0828. The quantitative estimate of drug-likeness (QED) is 0.839. The summed E-state index contributed by atoms with van der Waals surface area (Å²) in [7, 11) is 1.50. The Bertz CT molecular complexity index is 593. The molecule has 0 spiro atoms. The van der Waals surface area contributed by atoms with Gasteiger partial charge in [0.25, 0.3) is 0 Å². The number of carbonyl (C=O) groups is 2. The highest BCUT2D eigenvalue weighted by Gasteiger charge is 2.14. The largest absolute Gasteiger partial charge is 0.489 e. The molecule has 0 aliphatic rings. The van der Waals surface area contributed by atoms with Gasteiger partial charge in [-0.1, -0.05) is 0 Å². The number of nitrogens with one attached hydrogen (secondary N) is 1. The number of hydrogen-bond acceptors (Lipinski definition) is 4. The highest BCUT2D eigenvalue weighted by atomic mass is 16.5. The van der Waals surface area contributed by atoms with Gasteiger partial charge < -0.3 is 20.1 Å². The van der Waals surface area contributed by atoms with E-state index in [2.05, 4.69) is 5.32 Å². The van der Waals surface area contributed by atoms with E-state index in [4.69, 9.17) is 15.1 Å². The third kappa shape index (κ3) is 5.32. The van der Waals surface area contributed by atoms with Crippen LogP contribution in [0.3, 0.4) is 0 Å². The monoisotopic (exact) mass is 305 g/mol. The Balaban J connectivity index is 2.87. The summed E-state index contributed by atoms with van der Waals surface area (Å²) >= 11 is 0. The normalized spacial score (nSPS) is 9.95. The molecule has 1 rings (SSSR count). The molecule has 1 aromatic carbocycles. The Hall–Kier alpha value is -2.75. The Kier molecular flexibility index (Phi) is 6.20. The van der Waals surface area contributed by atoms with Crippen LogP contribution < -0.4 is 10.1 Å². The molecule has 2 amide bonds. The zero-order valence-electron chi connectivity index (χ0n) is 12.8. The van der Waals surface area contributed by atoms with Gasteiger partial charge >= 0.3 is 12.0 Å². The molecule has 0 saturated carbocycles. The van der Waals surface area contributed by atoms with Crippen molar-refractivity contribution in [2.45, 2.75) is 26.4 Å². The number of rotatable bonds is 6. The number of carbonyl (C=O) groups excluding carboxylic acids is 1. The van der Waals surface area contributed by atoms with Crippen LogP contribution >= 0.6 is 0 Å². The van der Waals surface area contributed by atoms with Gasteiger partial charge in [0.15, 0.2) is 0 Å². The Morgan fingerprint density at radius 2 is 2.14 bits per heavy atom. The summed E-state index contributed by atoms with van der Waals surface area (Å²) in [4.78, 5) is 23.8. The zero-order chi connectivity index (χ0) is 16.7. The fourth-order valence-corrected chi connectivity index (χ4v) is 1.63. The SMILES string of the molecule is CC(C)Oc1ccc(C#N)cc1NC(=O)N(C)CCC(=O)O. The number of amides is 2. The lowest BCUT2D eigenvalue weighted by molar-refractivity contribution is -0.137. The van der Waals surface area contributed by atoms with Crippen LogP contribution in [0.25, 0.3) is 0 Å². The number of urea groups is 1. The number of benzene rings is 1. The maximum absolute atomic E-state index is 12.0. The molecular formula is C15H19N3O4. The van der Waals surface area contributed by atoms with Crippen LogP contribution in [0.4, 0.5) is 10.5 Å². The standard InChI is InChI=1S/C15H19N3O4/c1-10(2)22-13-5-4-11(9-16)8-12(13)17-15(21)18(3)7-6-14(19)20/h4-5,8,10H,6-7H2,1-3H3,(H,17,21)(H,19,20). The molecule has 118 valence electrons. The molecule has 0 aliphatic heterocycles.